The van der Waals surface area contributed by atoms with Crippen molar-refractivity contribution < 1.29 is 9.18 Å². The second-order valence-corrected chi connectivity index (χ2v) is 3.52. The number of alkyl halides is 1. The number of halogens is 3. The third kappa shape index (κ3) is 1.94. The summed E-state index contributed by atoms with van der Waals surface area (Å²) in [5.74, 6) is -1.53. The molecule has 0 radical (unpaired) electrons. The molecule has 0 unspecified atom stereocenters. The molecule has 1 rings (SSSR count). The van der Waals surface area contributed by atoms with Gasteiger partial charge in [0.25, 0.3) is 0 Å². The van der Waals surface area contributed by atoms with Crippen molar-refractivity contribution in [2.24, 2.45) is 0 Å². The van der Waals surface area contributed by atoms with Crippen molar-refractivity contribution in [3.05, 3.63) is 33.5 Å². The molecule has 5 heteroatoms. The summed E-state index contributed by atoms with van der Waals surface area (Å²) in [6.07, 6.45) is 0. The number of carbonyl (C=O) groups excluding carboxylic acids is 1. The molecule has 0 amide bonds. The smallest absolute Gasteiger partial charge is 0.180 e. The molecule has 14 heavy (non-hydrogen) atoms. The van der Waals surface area contributed by atoms with Crippen LogP contribution in [-0.4, -0.2) is 11.7 Å². The Morgan fingerprint density at radius 3 is 2.79 bits per heavy atom. The van der Waals surface area contributed by atoms with Gasteiger partial charge < -0.3 is 0 Å². The van der Waals surface area contributed by atoms with E-state index in [0.717, 1.165) is 0 Å². The van der Waals surface area contributed by atoms with Gasteiger partial charge in [-0.15, -0.1) is 11.6 Å². The Bertz CT molecular complexity index is 428. The highest BCUT2D eigenvalue weighted by molar-refractivity contribution is 9.10. The Kier molecular flexibility index (Phi) is 3.62. The van der Waals surface area contributed by atoms with Gasteiger partial charge in [0.1, 0.15) is 11.9 Å². The fourth-order valence-corrected chi connectivity index (χ4v) is 1.50. The fourth-order valence-electron chi connectivity index (χ4n) is 0.923. The molecule has 0 bridgehead atoms. The normalized spacial score (nSPS) is 9.57. The minimum atomic E-state index is -0.741. The number of nitrogens with zero attached hydrogens (tertiary/aromatic N) is 1. The van der Waals surface area contributed by atoms with Crippen LogP contribution in [-0.2, 0) is 0 Å². The Morgan fingerprint density at radius 2 is 2.29 bits per heavy atom. The van der Waals surface area contributed by atoms with Crippen LogP contribution in [0, 0.1) is 17.1 Å². The quantitative estimate of drug-likeness (QED) is 0.615. The third-order valence-electron chi connectivity index (χ3n) is 1.62. The average Bonchev–Trinajstić information content (AvgIpc) is 2.21. The first kappa shape index (κ1) is 11.2. The van der Waals surface area contributed by atoms with Crippen LogP contribution in [0.15, 0.2) is 16.6 Å². The van der Waals surface area contributed by atoms with E-state index in [2.05, 4.69) is 15.9 Å². The molecule has 72 valence electrons. The first-order valence-corrected chi connectivity index (χ1v) is 4.91. The molecule has 0 aliphatic rings. The SMILES string of the molecule is N#Cc1ccc(C(=O)CCl)c(F)c1Br. The van der Waals surface area contributed by atoms with E-state index in [4.69, 9.17) is 16.9 Å². The van der Waals surface area contributed by atoms with Gasteiger partial charge in [0, 0.05) is 0 Å². The Hall–Kier alpha value is -0.920. The fraction of sp³-hybridized carbons (Fsp3) is 0.111. The summed E-state index contributed by atoms with van der Waals surface area (Å²) in [6.45, 7) is 0. The average molecular weight is 276 g/mol. The van der Waals surface area contributed by atoms with Crippen molar-refractivity contribution in [1.29, 1.82) is 5.26 Å². The van der Waals surface area contributed by atoms with Crippen molar-refractivity contribution >= 4 is 33.3 Å². The van der Waals surface area contributed by atoms with Crippen LogP contribution in [0.3, 0.4) is 0 Å². The van der Waals surface area contributed by atoms with Gasteiger partial charge in [0.05, 0.1) is 21.5 Å². The second kappa shape index (κ2) is 4.54. The molecule has 2 nitrogen and oxygen atoms in total. The topological polar surface area (TPSA) is 40.9 Å². The van der Waals surface area contributed by atoms with Gasteiger partial charge in [-0.05, 0) is 28.1 Å². The van der Waals surface area contributed by atoms with Crippen LogP contribution >= 0.6 is 27.5 Å². The lowest BCUT2D eigenvalue weighted by molar-refractivity contribution is 0.101. The first-order valence-electron chi connectivity index (χ1n) is 3.59. The summed E-state index contributed by atoms with van der Waals surface area (Å²) in [4.78, 5) is 11.1. The van der Waals surface area contributed by atoms with Gasteiger partial charge in [0.15, 0.2) is 5.78 Å². The third-order valence-corrected chi connectivity index (χ3v) is 2.64. The maximum Gasteiger partial charge on any atom is 0.180 e. The number of carbonyl (C=O) groups is 1. The summed E-state index contributed by atoms with van der Waals surface area (Å²) in [5, 5.41) is 8.57. The van der Waals surface area contributed by atoms with Crippen LogP contribution in [0.25, 0.3) is 0 Å². The lowest BCUT2D eigenvalue weighted by atomic mass is 10.1. The number of hydrogen-bond donors (Lipinski definition) is 0. The van der Waals surface area contributed by atoms with Crippen LogP contribution < -0.4 is 0 Å². The molecular formula is C9H4BrClFNO. The second-order valence-electron chi connectivity index (χ2n) is 2.46. The monoisotopic (exact) mass is 275 g/mol. The van der Waals surface area contributed by atoms with E-state index in [1.165, 1.54) is 12.1 Å². The molecule has 0 saturated carbocycles. The van der Waals surface area contributed by atoms with E-state index in [-0.39, 0.29) is 21.5 Å². The lowest BCUT2D eigenvalue weighted by Gasteiger charge is -2.02. The van der Waals surface area contributed by atoms with E-state index in [0.29, 0.717) is 0 Å². The maximum atomic E-state index is 13.4. The van der Waals surface area contributed by atoms with Crippen LogP contribution in [0.2, 0.25) is 0 Å². The van der Waals surface area contributed by atoms with Gasteiger partial charge in [0.2, 0.25) is 0 Å². The highest BCUT2D eigenvalue weighted by atomic mass is 79.9. The molecule has 0 N–H and O–H groups in total. The summed E-state index contributed by atoms with van der Waals surface area (Å²) in [5.41, 5.74) is 0.0412. The van der Waals surface area contributed by atoms with Crippen LogP contribution in [0.5, 0.6) is 0 Å². The van der Waals surface area contributed by atoms with Gasteiger partial charge in [-0.25, -0.2) is 4.39 Å². The van der Waals surface area contributed by atoms with E-state index < -0.39 is 11.6 Å². The highest BCUT2D eigenvalue weighted by Gasteiger charge is 2.15. The molecule has 0 saturated heterocycles. The molecule has 0 aliphatic carbocycles. The number of rotatable bonds is 2. The van der Waals surface area contributed by atoms with Gasteiger partial charge in [-0.1, -0.05) is 0 Å². The summed E-state index contributed by atoms with van der Waals surface area (Å²) in [6, 6.07) is 4.41. The molecule has 1 aromatic rings. The predicted molar refractivity (Wildman–Crippen MR) is 53.9 cm³/mol. The maximum absolute atomic E-state index is 13.4. The molecule has 0 fully saturated rings. The summed E-state index contributed by atoms with van der Waals surface area (Å²) < 4.78 is 13.4. The molecule has 0 spiro atoms. The largest absolute Gasteiger partial charge is 0.293 e. The van der Waals surface area contributed by atoms with Crippen molar-refractivity contribution in [2.75, 3.05) is 5.88 Å². The predicted octanol–water partition coefficient (Wildman–Crippen LogP) is 2.88. The molecule has 1 aromatic carbocycles. The van der Waals surface area contributed by atoms with Crippen molar-refractivity contribution in [2.45, 2.75) is 0 Å². The van der Waals surface area contributed by atoms with E-state index in [1.54, 1.807) is 6.07 Å². The van der Waals surface area contributed by atoms with Crippen molar-refractivity contribution in [3.63, 3.8) is 0 Å². The molecule has 0 aliphatic heterocycles. The van der Waals surface area contributed by atoms with E-state index in [9.17, 15) is 9.18 Å². The Morgan fingerprint density at radius 1 is 1.64 bits per heavy atom. The van der Waals surface area contributed by atoms with Gasteiger partial charge >= 0.3 is 0 Å². The van der Waals surface area contributed by atoms with Gasteiger partial charge in [-0.2, -0.15) is 5.26 Å². The van der Waals surface area contributed by atoms with Crippen molar-refractivity contribution in [3.8, 4) is 6.07 Å². The first-order chi connectivity index (χ1) is 6.61. The van der Waals surface area contributed by atoms with Gasteiger partial charge in [-0.3, -0.25) is 4.79 Å². The number of benzene rings is 1. The van der Waals surface area contributed by atoms with Crippen LogP contribution in [0.1, 0.15) is 15.9 Å². The minimum Gasteiger partial charge on any atom is -0.293 e. The van der Waals surface area contributed by atoms with E-state index in [1.807, 2.05) is 0 Å². The minimum absolute atomic E-state index is 0.00373. The number of hydrogen-bond acceptors (Lipinski definition) is 2. The Labute approximate surface area is 93.4 Å². The zero-order valence-electron chi connectivity index (χ0n) is 6.85. The number of ketones is 1. The summed E-state index contributed by atoms with van der Waals surface area (Å²) >= 11 is 8.18. The molecule has 0 atom stereocenters. The Balaban J connectivity index is 3.33. The summed E-state index contributed by atoms with van der Waals surface area (Å²) in [7, 11) is 0. The molecular weight excluding hydrogens is 272 g/mol. The van der Waals surface area contributed by atoms with E-state index >= 15 is 0 Å². The zero-order valence-corrected chi connectivity index (χ0v) is 9.19. The molecule has 0 heterocycles. The zero-order chi connectivity index (χ0) is 10.7. The lowest BCUT2D eigenvalue weighted by Crippen LogP contribution is -2.04. The number of nitriles is 1. The van der Waals surface area contributed by atoms with Crippen LogP contribution in [0.4, 0.5) is 4.39 Å². The number of Topliss-reactive ketones (excluding diaryl/α,β-unsaturated/α-hetero) is 1. The van der Waals surface area contributed by atoms with Crippen molar-refractivity contribution in [1.82, 2.24) is 0 Å². The highest BCUT2D eigenvalue weighted by Crippen LogP contribution is 2.23. The standard InChI is InChI=1S/C9H4BrClFNO/c10-8-5(4-13)1-2-6(9(8)12)7(14)3-11/h1-2H,3H2. The molecule has 0 aromatic heterocycles.